The maximum Gasteiger partial charge on any atom is 0.227 e. The zero-order valence-corrected chi connectivity index (χ0v) is 17.4. The summed E-state index contributed by atoms with van der Waals surface area (Å²) >= 11 is 0. The molecule has 0 fully saturated rings. The summed E-state index contributed by atoms with van der Waals surface area (Å²) < 4.78 is 2.23. The molecule has 0 saturated carbocycles. The quantitative estimate of drug-likeness (QED) is 0.668. The lowest BCUT2D eigenvalue weighted by Crippen LogP contribution is -2.41. The molecule has 0 N–H and O–H groups in total. The van der Waals surface area contributed by atoms with Crippen molar-refractivity contribution in [3.8, 4) is 0 Å². The van der Waals surface area contributed by atoms with Gasteiger partial charge in [-0.2, -0.15) is 0 Å². The molecule has 5 nitrogen and oxygen atoms in total. The van der Waals surface area contributed by atoms with Crippen molar-refractivity contribution in [2.45, 2.75) is 52.6 Å². The topological polar surface area (TPSA) is 51.0 Å². The monoisotopic (exact) mass is 388 g/mol. The Morgan fingerprint density at radius 2 is 1.72 bits per heavy atom. The molecule has 0 aliphatic carbocycles. The number of carbonyl (C=O) groups excluding carboxylic acids is 1. The number of rotatable bonds is 5. The molecule has 29 heavy (non-hydrogen) atoms. The molecule has 4 rings (SSSR count). The molecule has 5 heteroatoms. The summed E-state index contributed by atoms with van der Waals surface area (Å²) in [6.07, 6.45) is 2.24. The summed E-state index contributed by atoms with van der Waals surface area (Å²) in [5.74, 6) is 2.06. The van der Waals surface area contributed by atoms with Crippen LogP contribution in [0.5, 0.6) is 0 Å². The van der Waals surface area contributed by atoms with Crippen LogP contribution in [-0.4, -0.2) is 32.1 Å². The smallest absolute Gasteiger partial charge is 0.227 e. The van der Waals surface area contributed by atoms with Gasteiger partial charge in [0, 0.05) is 13.0 Å². The van der Waals surface area contributed by atoms with E-state index in [1.54, 1.807) is 0 Å². The second-order valence-corrected chi connectivity index (χ2v) is 8.18. The van der Waals surface area contributed by atoms with Crippen LogP contribution < -0.4 is 0 Å². The fourth-order valence-corrected chi connectivity index (χ4v) is 4.33. The van der Waals surface area contributed by atoms with Crippen LogP contribution in [-0.2, 0) is 30.6 Å². The van der Waals surface area contributed by atoms with E-state index in [0.717, 1.165) is 30.1 Å². The number of aromatic nitrogens is 3. The molecule has 1 aromatic heterocycles. The second kappa shape index (κ2) is 8.19. The van der Waals surface area contributed by atoms with Gasteiger partial charge in [0.15, 0.2) is 5.82 Å². The number of nitrogens with zero attached hydrogens (tertiary/aromatic N) is 4. The summed E-state index contributed by atoms with van der Waals surface area (Å²) in [7, 11) is 0. The minimum atomic E-state index is 0.155. The molecule has 2 aromatic carbocycles. The lowest BCUT2D eigenvalue weighted by molar-refractivity contribution is -0.132. The summed E-state index contributed by atoms with van der Waals surface area (Å²) in [4.78, 5) is 14.9. The normalized spacial score (nSPS) is 16.0. The first-order valence-corrected chi connectivity index (χ1v) is 10.3. The van der Waals surface area contributed by atoms with Gasteiger partial charge in [-0.05, 0) is 38.3 Å². The van der Waals surface area contributed by atoms with E-state index in [0.29, 0.717) is 19.5 Å². The Morgan fingerprint density at radius 3 is 2.45 bits per heavy atom. The fraction of sp³-hybridized carbons (Fsp3) is 0.375. The molecule has 3 aromatic rings. The summed E-state index contributed by atoms with van der Waals surface area (Å²) in [5.41, 5.74) is 4.78. The summed E-state index contributed by atoms with van der Waals surface area (Å²) in [6.45, 7) is 7.53. The van der Waals surface area contributed by atoms with Crippen LogP contribution in [0.2, 0.25) is 0 Å². The Morgan fingerprint density at radius 1 is 1.00 bits per heavy atom. The molecule has 0 radical (unpaired) electrons. The second-order valence-electron chi connectivity index (χ2n) is 8.18. The summed E-state index contributed by atoms with van der Waals surface area (Å²) in [6, 6.07) is 17.0. The van der Waals surface area contributed by atoms with E-state index >= 15 is 0 Å². The predicted octanol–water partition coefficient (Wildman–Crippen LogP) is 3.83. The third-order valence-corrected chi connectivity index (χ3v) is 5.56. The Balaban J connectivity index is 1.44. The summed E-state index contributed by atoms with van der Waals surface area (Å²) in [5, 5.41) is 8.85. The highest BCUT2D eigenvalue weighted by atomic mass is 16.2. The molecule has 0 saturated heterocycles. The molecule has 1 atom stereocenters. The van der Waals surface area contributed by atoms with E-state index in [9.17, 15) is 4.79 Å². The minimum Gasteiger partial charge on any atom is -0.333 e. The number of hydrogen-bond acceptors (Lipinski definition) is 3. The number of carbonyl (C=O) groups is 1. The van der Waals surface area contributed by atoms with Crippen LogP contribution >= 0.6 is 0 Å². The molecule has 1 aliphatic rings. The molecule has 2 heterocycles. The van der Waals surface area contributed by atoms with Crippen molar-refractivity contribution in [1.82, 2.24) is 19.7 Å². The fourth-order valence-electron chi connectivity index (χ4n) is 4.33. The highest BCUT2D eigenvalue weighted by Gasteiger charge is 2.29. The average molecular weight is 389 g/mol. The Bertz CT molecular complexity index is 989. The van der Waals surface area contributed by atoms with E-state index < -0.39 is 0 Å². The lowest BCUT2D eigenvalue weighted by atomic mass is 10.0. The zero-order valence-electron chi connectivity index (χ0n) is 17.4. The minimum absolute atomic E-state index is 0.155. The van der Waals surface area contributed by atoms with Gasteiger partial charge in [-0.3, -0.25) is 4.79 Å². The van der Waals surface area contributed by atoms with E-state index in [1.165, 1.54) is 16.7 Å². The highest BCUT2D eigenvalue weighted by molar-refractivity contribution is 5.79. The standard InChI is InChI=1S/C24H28N4O/c1-17-11-18(2)13-21(12-17)14-24(29)27-15-19(3)28-22(25-26-23(28)16-27)10-9-20-7-5-4-6-8-20/h4-8,11-13,19H,9-10,14-16H2,1-3H3/t19-/m0/s1. The van der Waals surface area contributed by atoms with Crippen molar-refractivity contribution >= 4 is 5.91 Å². The first-order chi connectivity index (χ1) is 14.0. The molecule has 0 bridgehead atoms. The Labute approximate surface area is 172 Å². The average Bonchev–Trinajstić information content (AvgIpc) is 3.10. The first-order valence-electron chi connectivity index (χ1n) is 10.3. The van der Waals surface area contributed by atoms with Crippen molar-refractivity contribution < 1.29 is 4.79 Å². The molecule has 1 amide bonds. The van der Waals surface area contributed by atoms with Crippen LogP contribution in [0.15, 0.2) is 48.5 Å². The van der Waals surface area contributed by atoms with E-state index in [4.69, 9.17) is 0 Å². The van der Waals surface area contributed by atoms with E-state index in [2.05, 4.69) is 78.0 Å². The van der Waals surface area contributed by atoms with E-state index in [1.807, 2.05) is 11.0 Å². The molecular weight excluding hydrogens is 360 g/mol. The van der Waals surface area contributed by atoms with Gasteiger partial charge in [-0.15, -0.1) is 10.2 Å². The van der Waals surface area contributed by atoms with Gasteiger partial charge in [0.2, 0.25) is 5.91 Å². The molecule has 1 aliphatic heterocycles. The third-order valence-electron chi connectivity index (χ3n) is 5.56. The van der Waals surface area contributed by atoms with Gasteiger partial charge in [0.05, 0.1) is 19.0 Å². The van der Waals surface area contributed by atoms with Crippen LogP contribution in [0.4, 0.5) is 0 Å². The van der Waals surface area contributed by atoms with Crippen molar-refractivity contribution in [3.05, 3.63) is 82.4 Å². The predicted molar refractivity (Wildman–Crippen MR) is 114 cm³/mol. The number of benzene rings is 2. The molecule has 0 unspecified atom stereocenters. The first kappa shape index (κ1) is 19.4. The van der Waals surface area contributed by atoms with Gasteiger partial charge < -0.3 is 9.47 Å². The Hall–Kier alpha value is -2.95. The Kier molecular flexibility index (Phi) is 5.47. The van der Waals surface area contributed by atoms with Crippen molar-refractivity contribution in [2.24, 2.45) is 0 Å². The maximum absolute atomic E-state index is 12.9. The van der Waals surface area contributed by atoms with Gasteiger partial charge in [0.1, 0.15) is 5.82 Å². The number of aryl methyl sites for hydroxylation is 4. The van der Waals surface area contributed by atoms with E-state index in [-0.39, 0.29) is 11.9 Å². The van der Waals surface area contributed by atoms with Crippen LogP contribution in [0.25, 0.3) is 0 Å². The number of hydrogen-bond donors (Lipinski definition) is 0. The van der Waals surface area contributed by atoms with Gasteiger partial charge in [-0.25, -0.2) is 0 Å². The molecular formula is C24H28N4O. The number of amides is 1. The maximum atomic E-state index is 12.9. The van der Waals surface area contributed by atoms with Crippen molar-refractivity contribution in [1.29, 1.82) is 0 Å². The molecule has 0 spiro atoms. The highest BCUT2D eigenvalue weighted by Crippen LogP contribution is 2.23. The zero-order chi connectivity index (χ0) is 20.4. The van der Waals surface area contributed by atoms with Crippen LogP contribution in [0.3, 0.4) is 0 Å². The van der Waals surface area contributed by atoms with Crippen LogP contribution in [0.1, 0.15) is 46.9 Å². The van der Waals surface area contributed by atoms with Gasteiger partial charge >= 0.3 is 0 Å². The van der Waals surface area contributed by atoms with Gasteiger partial charge in [-0.1, -0.05) is 59.7 Å². The van der Waals surface area contributed by atoms with Crippen molar-refractivity contribution in [2.75, 3.05) is 6.54 Å². The van der Waals surface area contributed by atoms with Crippen LogP contribution in [0, 0.1) is 13.8 Å². The third kappa shape index (κ3) is 4.39. The molecule has 150 valence electrons. The largest absolute Gasteiger partial charge is 0.333 e. The lowest BCUT2D eigenvalue weighted by Gasteiger charge is -2.32. The van der Waals surface area contributed by atoms with Gasteiger partial charge in [0.25, 0.3) is 0 Å². The van der Waals surface area contributed by atoms with Crippen molar-refractivity contribution in [3.63, 3.8) is 0 Å². The SMILES string of the molecule is Cc1cc(C)cc(CC(=O)N2Cc3nnc(CCc4ccccc4)n3[C@@H](C)C2)c1. The number of fused-ring (bicyclic) bond motifs is 1.